The zero-order valence-electron chi connectivity index (χ0n) is 10.1. The second-order valence-corrected chi connectivity index (χ2v) is 3.73. The molecule has 1 amide bonds. The fourth-order valence-electron chi connectivity index (χ4n) is 1.33. The summed E-state index contributed by atoms with van der Waals surface area (Å²) in [4.78, 5) is 13.1. The van der Waals surface area contributed by atoms with Crippen LogP contribution in [-0.4, -0.2) is 29.9 Å². The van der Waals surface area contributed by atoms with Crippen LogP contribution in [0.25, 0.3) is 0 Å². The second-order valence-electron chi connectivity index (χ2n) is 3.73. The van der Waals surface area contributed by atoms with Gasteiger partial charge >= 0.3 is 0 Å². The van der Waals surface area contributed by atoms with Gasteiger partial charge in [-0.2, -0.15) is 0 Å². The molecule has 0 saturated heterocycles. The molecule has 18 heavy (non-hydrogen) atoms. The Morgan fingerprint density at radius 1 is 1.50 bits per heavy atom. The van der Waals surface area contributed by atoms with E-state index in [4.69, 9.17) is 9.26 Å². The molecule has 0 fully saturated rings. The van der Waals surface area contributed by atoms with E-state index in [0.717, 1.165) is 0 Å². The van der Waals surface area contributed by atoms with E-state index < -0.39 is 0 Å². The minimum absolute atomic E-state index is 0.0603. The number of carbonyl (C=O) groups is 1. The first-order chi connectivity index (χ1) is 8.66. The van der Waals surface area contributed by atoms with Crippen molar-refractivity contribution in [3.63, 3.8) is 0 Å². The van der Waals surface area contributed by atoms with Gasteiger partial charge in [0.2, 0.25) is 0 Å². The highest BCUT2D eigenvalue weighted by Gasteiger charge is 2.13. The molecular weight excluding hydrogens is 238 g/mol. The molecule has 0 bridgehead atoms. The number of hydrogen-bond acceptors (Lipinski definition) is 6. The Morgan fingerprint density at radius 2 is 2.33 bits per heavy atom. The molecule has 2 aromatic rings. The molecule has 0 radical (unpaired) electrons. The lowest BCUT2D eigenvalue weighted by molar-refractivity contribution is -0.123. The smallest absolute Gasteiger partial charge is 0.253 e. The molecule has 0 unspecified atom stereocenters. The number of likely N-dealkylation sites (N-methyl/N-ethyl adjacent to an activating group) is 1. The third kappa shape index (κ3) is 2.95. The number of hydrogen-bond donors (Lipinski definition) is 0. The molecule has 0 aromatic carbocycles. The van der Waals surface area contributed by atoms with E-state index in [2.05, 4.69) is 14.8 Å². The van der Waals surface area contributed by atoms with E-state index in [1.54, 1.807) is 26.1 Å². The summed E-state index contributed by atoms with van der Waals surface area (Å²) < 4.78 is 14.8. The first-order valence-corrected chi connectivity index (χ1v) is 5.33. The Balaban J connectivity index is 1.78. The third-order valence-corrected chi connectivity index (χ3v) is 2.29. The van der Waals surface area contributed by atoms with Crippen LogP contribution in [0.2, 0.25) is 0 Å². The number of carbonyl (C=O) groups excluding carboxylic acids is 1. The maximum Gasteiger partial charge on any atom is 0.253 e. The lowest BCUT2D eigenvalue weighted by Gasteiger charge is -2.12. The fraction of sp³-hybridized carbons (Fsp3) is 0.364. The molecule has 0 saturated carbocycles. The van der Waals surface area contributed by atoms with Crippen molar-refractivity contribution in [2.75, 3.05) is 18.6 Å². The Kier molecular flexibility index (Phi) is 3.73. The van der Waals surface area contributed by atoms with Crippen molar-refractivity contribution in [1.29, 1.82) is 0 Å². The van der Waals surface area contributed by atoms with Gasteiger partial charge < -0.3 is 13.8 Å². The minimum Gasteiger partial charge on any atom is -0.365 e. The molecule has 2 rings (SSSR count). The van der Waals surface area contributed by atoms with Gasteiger partial charge in [0, 0.05) is 19.2 Å². The van der Waals surface area contributed by atoms with Gasteiger partial charge in [0.25, 0.3) is 5.91 Å². The van der Waals surface area contributed by atoms with Crippen LogP contribution < -0.4 is 4.90 Å². The van der Waals surface area contributed by atoms with Gasteiger partial charge in [0.1, 0.15) is 24.3 Å². The number of nitrogens with zero attached hydrogens (tertiary/aromatic N) is 3. The molecule has 0 atom stereocenters. The monoisotopic (exact) mass is 251 g/mol. The van der Waals surface area contributed by atoms with Crippen molar-refractivity contribution in [3.8, 4) is 0 Å². The number of aryl methyl sites for hydroxylation is 1. The lowest BCUT2D eigenvalue weighted by atomic mass is 10.4. The van der Waals surface area contributed by atoms with Crippen molar-refractivity contribution >= 4 is 11.7 Å². The first-order valence-electron chi connectivity index (χ1n) is 5.33. The van der Waals surface area contributed by atoms with E-state index in [0.29, 0.717) is 17.3 Å². The predicted molar refractivity (Wildman–Crippen MR) is 60.8 cm³/mol. The average Bonchev–Trinajstić information content (AvgIpc) is 2.99. The van der Waals surface area contributed by atoms with E-state index >= 15 is 0 Å². The van der Waals surface area contributed by atoms with Crippen molar-refractivity contribution in [2.45, 2.75) is 13.5 Å². The van der Waals surface area contributed by atoms with Crippen molar-refractivity contribution < 1.29 is 18.6 Å². The highest BCUT2D eigenvalue weighted by molar-refractivity contribution is 5.92. The Labute approximate surface area is 103 Å². The van der Waals surface area contributed by atoms with Crippen LogP contribution in [0, 0.1) is 6.92 Å². The standard InChI is InChI=1S/C11H13N3O4/c1-8-5-9(12-18-8)6-16-7-11(15)14(2)10-3-4-17-13-10/h3-5H,6-7H2,1-2H3. The molecule has 7 heteroatoms. The highest BCUT2D eigenvalue weighted by atomic mass is 16.5. The summed E-state index contributed by atoms with van der Waals surface area (Å²) in [5.74, 6) is 0.935. The summed E-state index contributed by atoms with van der Waals surface area (Å²) in [6, 6.07) is 3.35. The fourth-order valence-corrected chi connectivity index (χ4v) is 1.33. The molecule has 0 aliphatic rings. The molecule has 2 heterocycles. The zero-order chi connectivity index (χ0) is 13.0. The van der Waals surface area contributed by atoms with Crippen molar-refractivity contribution in [1.82, 2.24) is 10.3 Å². The Bertz CT molecular complexity index is 506. The van der Waals surface area contributed by atoms with E-state index in [9.17, 15) is 4.79 Å². The van der Waals surface area contributed by atoms with Gasteiger partial charge in [0.05, 0.1) is 6.61 Å². The number of aromatic nitrogens is 2. The molecule has 96 valence electrons. The van der Waals surface area contributed by atoms with E-state index in [1.807, 2.05) is 0 Å². The van der Waals surface area contributed by atoms with Crippen LogP contribution in [-0.2, 0) is 16.1 Å². The van der Waals surface area contributed by atoms with E-state index in [-0.39, 0.29) is 19.1 Å². The van der Waals surface area contributed by atoms with Crippen LogP contribution in [0.1, 0.15) is 11.5 Å². The summed E-state index contributed by atoms with van der Waals surface area (Å²) in [6.45, 7) is 1.96. The zero-order valence-corrected chi connectivity index (χ0v) is 10.1. The number of amides is 1. The van der Waals surface area contributed by atoms with Crippen molar-refractivity contribution in [3.05, 3.63) is 29.9 Å². The van der Waals surface area contributed by atoms with Gasteiger partial charge in [-0.25, -0.2) is 0 Å². The third-order valence-electron chi connectivity index (χ3n) is 2.29. The molecule has 0 spiro atoms. The molecular formula is C11H13N3O4. The Hall–Kier alpha value is -2.15. The summed E-state index contributed by atoms with van der Waals surface area (Å²) in [5.41, 5.74) is 0.657. The maximum atomic E-state index is 11.7. The number of anilines is 1. The van der Waals surface area contributed by atoms with Crippen LogP contribution >= 0.6 is 0 Å². The van der Waals surface area contributed by atoms with Gasteiger partial charge in [-0.1, -0.05) is 10.3 Å². The Morgan fingerprint density at radius 3 is 2.94 bits per heavy atom. The molecule has 0 aliphatic carbocycles. The molecule has 0 N–H and O–H groups in total. The van der Waals surface area contributed by atoms with E-state index in [1.165, 1.54) is 11.2 Å². The quantitative estimate of drug-likeness (QED) is 0.792. The first kappa shape index (κ1) is 12.3. The highest BCUT2D eigenvalue weighted by Crippen LogP contribution is 2.08. The summed E-state index contributed by atoms with van der Waals surface area (Å²) in [5, 5.41) is 7.41. The average molecular weight is 251 g/mol. The number of rotatable bonds is 5. The topological polar surface area (TPSA) is 81.6 Å². The summed E-state index contributed by atoms with van der Waals surface area (Å²) in [7, 11) is 1.60. The largest absolute Gasteiger partial charge is 0.365 e. The normalized spacial score (nSPS) is 10.6. The van der Waals surface area contributed by atoms with Crippen LogP contribution in [0.5, 0.6) is 0 Å². The number of ether oxygens (including phenoxy) is 1. The molecule has 7 nitrogen and oxygen atoms in total. The molecule has 2 aromatic heterocycles. The second kappa shape index (κ2) is 5.46. The summed E-state index contributed by atoms with van der Waals surface area (Å²) in [6.07, 6.45) is 1.40. The van der Waals surface area contributed by atoms with Crippen LogP contribution in [0.3, 0.4) is 0 Å². The van der Waals surface area contributed by atoms with Crippen LogP contribution in [0.15, 0.2) is 27.4 Å². The SMILES string of the molecule is Cc1cc(COCC(=O)N(C)c2ccon2)no1. The summed E-state index contributed by atoms with van der Waals surface area (Å²) >= 11 is 0. The van der Waals surface area contributed by atoms with Gasteiger partial charge in [0.15, 0.2) is 5.82 Å². The van der Waals surface area contributed by atoms with Gasteiger partial charge in [-0.3, -0.25) is 9.69 Å². The van der Waals surface area contributed by atoms with Gasteiger partial charge in [-0.15, -0.1) is 0 Å². The van der Waals surface area contributed by atoms with Gasteiger partial charge in [-0.05, 0) is 6.92 Å². The molecule has 0 aliphatic heterocycles. The predicted octanol–water partition coefficient (Wildman–Crippen LogP) is 1.15. The maximum absolute atomic E-state index is 11.7. The van der Waals surface area contributed by atoms with Crippen LogP contribution in [0.4, 0.5) is 5.82 Å². The lowest BCUT2D eigenvalue weighted by Crippen LogP contribution is -2.30. The minimum atomic E-state index is -0.218. The van der Waals surface area contributed by atoms with Crippen molar-refractivity contribution in [2.24, 2.45) is 0 Å².